The highest BCUT2D eigenvalue weighted by atomic mass is 16.6. The summed E-state index contributed by atoms with van der Waals surface area (Å²) in [6, 6.07) is 8.44. The van der Waals surface area contributed by atoms with E-state index in [0.717, 1.165) is 25.9 Å². The van der Waals surface area contributed by atoms with Crippen LogP contribution >= 0.6 is 0 Å². The van der Waals surface area contributed by atoms with Gasteiger partial charge >= 0.3 is 6.09 Å². The zero-order chi connectivity index (χ0) is 17.4. The molecule has 0 radical (unpaired) electrons. The molecule has 1 saturated heterocycles. The van der Waals surface area contributed by atoms with Crippen molar-refractivity contribution in [2.75, 3.05) is 32.8 Å². The van der Waals surface area contributed by atoms with Crippen molar-refractivity contribution in [2.45, 2.75) is 44.8 Å². The van der Waals surface area contributed by atoms with Crippen LogP contribution in [0.5, 0.6) is 0 Å². The zero-order valence-corrected chi connectivity index (χ0v) is 14.9. The normalized spacial score (nSPS) is 20.8. The van der Waals surface area contributed by atoms with E-state index in [9.17, 15) is 9.90 Å². The number of aliphatic hydroxyl groups is 1. The maximum Gasteiger partial charge on any atom is 0.410 e. The highest BCUT2D eigenvalue weighted by Gasteiger charge is 2.43. The molecule has 1 amide bonds. The molecule has 1 aliphatic carbocycles. The molecule has 0 atom stereocenters. The van der Waals surface area contributed by atoms with Crippen LogP contribution in [-0.4, -0.2) is 64.9 Å². The Morgan fingerprint density at radius 1 is 1.12 bits per heavy atom. The quantitative estimate of drug-likeness (QED) is 0.901. The lowest BCUT2D eigenvalue weighted by atomic mass is 9.93. The van der Waals surface area contributed by atoms with Crippen molar-refractivity contribution in [1.82, 2.24) is 9.80 Å². The average molecular weight is 332 g/mol. The van der Waals surface area contributed by atoms with Gasteiger partial charge in [-0.05, 0) is 44.7 Å². The molecular formula is C19H28N2O3. The lowest BCUT2D eigenvalue weighted by molar-refractivity contribution is -0.0165. The number of piperazine rings is 1. The van der Waals surface area contributed by atoms with Crippen LogP contribution in [0.2, 0.25) is 0 Å². The summed E-state index contributed by atoms with van der Waals surface area (Å²) in [5.41, 5.74) is 1.99. The third-order valence-electron chi connectivity index (χ3n) is 5.05. The number of nitrogens with zero attached hydrogens (tertiary/aromatic N) is 2. The van der Waals surface area contributed by atoms with Crippen LogP contribution in [0.25, 0.3) is 0 Å². The van der Waals surface area contributed by atoms with Gasteiger partial charge in [0.1, 0.15) is 5.60 Å². The molecule has 0 bridgehead atoms. The van der Waals surface area contributed by atoms with Crippen molar-refractivity contribution < 1.29 is 14.6 Å². The van der Waals surface area contributed by atoms with Crippen molar-refractivity contribution >= 4 is 6.09 Å². The molecule has 0 unspecified atom stereocenters. The van der Waals surface area contributed by atoms with E-state index in [1.54, 1.807) is 4.90 Å². The Hall–Kier alpha value is -1.59. The minimum atomic E-state index is -0.465. The van der Waals surface area contributed by atoms with Crippen LogP contribution in [-0.2, 0) is 17.6 Å². The van der Waals surface area contributed by atoms with Crippen LogP contribution < -0.4 is 0 Å². The zero-order valence-electron chi connectivity index (χ0n) is 14.9. The van der Waals surface area contributed by atoms with E-state index in [2.05, 4.69) is 29.2 Å². The van der Waals surface area contributed by atoms with Gasteiger partial charge in [0.15, 0.2) is 0 Å². The van der Waals surface area contributed by atoms with Gasteiger partial charge in [-0.3, -0.25) is 4.90 Å². The lowest BCUT2D eigenvalue weighted by Gasteiger charge is -2.45. The maximum atomic E-state index is 12.2. The first-order valence-electron chi connectivity index (χ1n) is 8.74. The van der Waals surface area contributed by atoms with Gasteiger partial charge in [0.05, 0.1) is 12.1 Å². The highest BCUT2D eigenvalue weighted by Crippen LogP contribution is 2.35. The van der Waals surface area contributed by atoms with Gasteiger partial charge in [0, 0.05) is 26.2 Å². The number of fused-ring (bicyclic) bond motifs is 1. The molecule has 0 spiro atoms. The molecule has 3 rings (SSSR count). The van der Waals surface area contributed by atoms with Crippen LogP contribution in [0.1, 0.15) is 31.9 Å². The molecule has 1 aromatic carbocycles. The molecule has 24 heavy (non-hydrogen) atoms. The minimum Gasteiger partial charge on any atom is -0.444 e. The molecule has 2 aliphatic rings. The Kier molecular flexibility index (Phi) is 4.58. The number of carbonyl (C=O) groups is 1. The van der Waals surface area contributed by atoms with E-state index in [0.29, 0.717) is 13.1 Å². The van der Waals surface area contributed by atoms with E-state index in [4.69, 9.17) is 4.74 Å². The summed E-state index contributed by atoms with van der Waals surface area (Å²) in [6.45, 7) is 8.64. The molecule has 0 saturated carbocycles. The molecule has 0 aromatic heterocycles. The monoisotopic (exact) mass is 332 g/mol. The number of benzene rings is 1. The highest BCUT2D eigenvalue weighted by molar-refractivity contribution is 5.68. The molecule has 1 fully saturated rings. The van der Waals surface area contributed by atoms with Gasteiger partial charge in [-0.2, -0.15) is 0 Å². The van der Waals surface area contributed by atoms with E-state index < -0.39 is 5.60 Å². The predicted octanol–water partition coefficient (Wildman–Crippen LogP) is 2.07. The molecule has 1 N–H and O–H groups in total. The number of aliphatic hydroxyl groups excluding tert-OH is 1. The van der Waals surface area contributed by atoms with E-state index >= 15 is 0 Å². The second-order valence-corrected chi connectivity index (χ2v) is 7.96. The summed E-state index contributed by atoms with van der Waals surface area (Å²) in [6.07, 6.45) is 1.52. The number of hydrogen-bond donors (Lipinski definition) is 1. The first-order chi connectivity index (χ1) is 11.3. The Labute approximate surface area is 144 Å². The molecule has 5 heteroatoms. The van der Waals surface area contributed by atoms with E-state index in [1.165, 1.54) is 11.1 Å². The lowest BCUT2D eigenvalue weighted by Crippen LogP contribution is -2.60. The third-order valence-corrected chi connectivity index (χ3v) is 5.05. The second-order valence-electron chi connectivity index (χ2n) is 7.96. The number of amides is 1. The Balaban J connectivity index is 1.63. The first kappa shape index (κ1) is 17.2. The smallest absolute Gasteiger partial charge is 0.410 e. The van der Waals surface area contributed by atoms with Crippen LogP contribution in [0.4, 0.5) is 4.79 Å². The van der Waals surface area contributed by atoms with Crippen molar-refractivity contribution in [2.24, 2.45) is 0 Å². The fourth-order valence-electron chi connectivity index (χ4n) is 3.80. The SMILES string of the molecule is CC(C)(C)OC(=O)N1CCN(C2(CO)Cc3ccccc3C2)CC1. The van der Waals surface area contributed by atoms with Crippen molar-refractivity contribution in [1.29, 1.82) is 0 Å². The summed E-state index contributed by atoms with van der Waals surface area (Å²) in [5, 5.41) is 10.1. The van der Waals surface area contributed by atoms with Crippen LogP contribution in [0.3, 0.4) is 0 Å². The largest absolute Gasteiger partial charge is 0.444 e. The third kappa shape index (κ3) is 3.42. The summed E-state index contributed by atoms with van der Waals surface area (Å²) < 4.78 is 5.46. The number of ether oxygens (including phenoxy) is 1. The van der Waals surface area contributed by atoms with Crippen LogP contribution in [0, 0.1) is 0 Å². The van der Waals surface area contributed by atoms with Crippen molar-refractivity contribution in [3.05, 3.63) is 35.4 Å². The fraction of sp³-hybridized carbons (Fsp3) is 0.632. The molecule has 132 valence electrons. The van der Waals surface area contributed by atoms with Gasteiger partial charge in [-0.15, -0.1) is 0 Å². The Morgan fingerprint density at radius 2 is 1.67 bits per heavy atom. The average Bonchev–Trinajstić information content (AvgIpc) is 2.93. The first-order valence-corrected chi connectivity index (χ1v) is 8.74. The van der Waals surface area contributed by atoms with Gasteiger partial charge < -0.3 is 14.7 Å². The van der Waals surface area contributed by atoms with E-state index in [1.807, 2.05) is 20.8 Å². The summed E-state index contributed by atoms with van der Waals surface area (Å²) >= 11 is 0. The molecule has 5 nitrogen and oxygen atoms in total. The number of rotatable bonds is 2. The predicted molar refractivity (Wildman–Crippen MR) is 93.0 cm³/mol. The van der Waals surface area contributed by atoms with Gasteiger partial charge in [-0.1, -0.05) is 24.3 Å². The molecule has 1 heterocycles. The fourth-order valence-corrected chi connectivity index (χ4v) is 3.80. The van der Waals surface area contributed by atoms with Gasteiger partial charge in [0.2, 0.25) is 0 Å². The maximum absolute atomic E-state index is 12.2. The Morgan fingerprint density at radius 3 is 2.12 bits per heavy atom. The van der Waals surface area contributed by atoms with Crippen molar-refractivity contribution in [3.8, 4) is 0 Å². The summed E-state index contributed by atoms with van der Waals surface area (Å²) in [4.78, 5) is 16.3. The topological polar surface area (TPSA) is 53.0 Å². The van der Waals surface area contributed by atoms with Gasteiger partial charge in [-0.25, -0.2) is 4.79 Å². The second kappa shape index (κ2) is 6.37. The molecular weight excluding hydrogens is 304 g/mol. The number of carbonyl (C=O) groups excluding carboxylic acids is 1. The minimum absolute atomic E-state index is 0.147. The molecule has 1 aliphatic heterocycles. The molecule has 1 aromatic rings. The summed E-state index contributed by atoms with van der Waals surface area (Å²) in [5.74, 6) is 0. The number of hydrogen-bond acceptors (Lipinski definition) is 4. The van der Waals surface area contributed by atoms with Crippen LogP contribution in [0.15, 0.2) is 24.3 Å². The summed E-state index contributed by atoms with van der Waals surface area (Å²) in [7, 11) is 0. The van der Waals surface area contributed by atoms with Gasteiger partial charge in [0.25, 0.3) is 0 Å². The van der Waals surface area contributed by atoms with E-state index in [-0.39, 0.29) is 18.2 Å². The van der Waals surface area contributed by atoms with Crippen molar-refractivity contribution in [3.63, 3.8) is 0 Å². The Bertz CT molecular complexity index is 576. The standard InChI is InChI=1S/C19H28N2O3/c1-18(2,3)24-17(23)20-8-10-21(11-9-20)19(14-22)12-15-6-4-5-7-16(15)13-19/h4-7,22H,8-14H2,1-3H3.